The molecular weight excluding hydrogens is 321 g/mol. The Morgan fingerprint density at radius 1 is 1.20 bits per heavy atom. The highest BCUT2D eigenvalue weighted by atomic mass is 19.1. The Labute approximate surface area is 148 Å². The number of hydrogen-bond acceptors (Lipinski definition) is 2. The summed E-state index contributed by atoms with van der Waals surface area (Å²) in [6, 6.07) is 6.58. The number of hydrogen-bond donors (Lipinski definition) is 2. The van der Waals surface area contributed by atoms with Crippen LogP contribution in [0.1, 0.15) is 32.3 Å². The quantitative estimate of drug-likeness (QED) is 0.778. The van der Waals surface area contributed by atoms with E-state index in [1.165, 1.54) is 6.07 Å². The van der Waals surface area contributed by atoms with Crippen molar-refractivity contribution in [3.05, 3.63) is 41.7 Å². The molecule has 0 aromatic heterocycles. The molecule has 25 heavy (non-hydrogen) atoms. The zero-order chi connectivity index (χ0) is 18.2. The fourth-order valence-electron chi connectivity index (χ4n) is 2.63. The third-order valence-corrected chi connectivity index (χ3v) is 4.17. The largest absolute Gasteiger partial charge is 0.356 e. The number of rotatable bonds is 6. The standard InChI is InChI=1S/C19H26FN3O2/c1-14(2)18(24)21-10-5-11-22-19(25)23-12-8-15(9-13-23)16-6-3-4-7-17(16)20/h3-4,6-8,14H,5,9-13H2,1-2H3,(H,21,24)(H,22,25). The fourth-order valence-corrected chi connectivity index (χ4v) is 2.63. The average Bonchev–Trinajstić information content (AvgIpc) is 2.61. The summed E-state index contributed by atoms with van der Waals surface area (Å²) in [5.74, 6) is -0.235. The van der Waals surface area contributed by atoms with E-state index in [-0.39, 0.29) is 23.7 Å². The molecule has 2 rings (SSSR count). The van der Waals surface area contributed by atoms with Gasteiger partial charge in [-0.15, -0.1) is 0 Å². The van der Waals surface area contributed by atoms with Crippen molar-refractivity contribution in [3.63, 3.8) is 0 Å². The molecule has 2 N–H and O–H groups in total. The molecule has 1 aliphatic heterocycles. The third-order valence-electron chi connectivity index (χ3n) is 4.17. The highest BCUT2D eigenvalue weighted by molar-refractivity contribution is 5.78. The van der Waals surface area contributed by atoms with Gasteiger partial charge >= 0.3 is 6.03 Å². The second-order valence-corrected chi connectivity index (χ2v) is 6.44. The summed E-state index contributed by atoms with van der Waals surface area (Å²) in [7, 11) is 0. The molecule has 0 fully saturated rings. The first-order valence-corrected chi connectivity index (χ1v) is 8.73. The molecule has 0 unspecified atom stereocenters. The van der Waals surface area contributed by atoms with Crippen molar-refractivity contribution >= 4 is 17.5 Å². The van der Waals surface area contributed by atoms with Crippen molar-refractivity contribution in [2.24, 2.45) is 5.92 Å². The summed E-state index contributed by atoms with van der Waals surface area (Å²) in [5, 5.41) is 5.67. The van der Waals surface area contributed by atoms with Gasteiger partial charge in [0.1, 0.15) is 5.82 Å². The SMILES string of the molecule is CC(C)C(=O)NCCCNC(=O)N1CC=C(c2ccccc2F)CC1. The van der Waals surface area contributed by atoms with Gasteiger partial charge in [0.25, 0.3) is 0 Å². The number of nitrogens with zero attached hydrogens (tertiary/aromatic N) is 1. The predicted molar refractivity (Wildman–Crippen MR) is 96.4 cm³/mol. The Kier molecular flexibility index (Phi) is 6.98. The van der Waals surface area contributed by atoms with Gasteiger partial charge in [-0.3, -0.25) is 4.79 Å². The van der Waals surface area contributed by atoms with Gasteiger partial charge in [-0.05, 0) is 24.5 Å². The molecule has 0 aliphatic carbocycles. The molecule has 5 nitrogen and oxygen atoms in total. The minimum absolute atomic E-state index is 0.0215. The molecule has 6 heteroatoms. The molecule has 0 saturated carbocycles. The Balaban J connectivity index is 1.72. The van der Waals surface area contributed by atoms with Crippen molar-refractivity contribution in [2.75, 3.05) is 26.2 Å². The maximum absolute atomic E-state index is 13.8. The Hall–Kier alpha value is -2.37. The first kappa shape index (κ1) is 19.0. The summed E-state index contributed by atoms with van der Waals surface area (Å²) >= 11 is 0. The molecule has 1 aromatic carbocycles. The second-order valence-electron chi connectivity index (χ2n) is 6.44. The van der Waals surface area contributed by atoms with E-state index >= 15 is 0 Å². The van der Waals surface area contributed by atoms with Gasteiger partial charge < -0.3 is 15.5 Å². The zero-order valence-electron chi connectivity index (χ0n) is 14.8. The summed E-state index contributed by atoms with van der Waals surface area (Å²) < 4.78 is 13.8. The molecule has 1 heterocycles. The van der Waals surface area contributed by atoms with E-state index < -0.39 is 0 Å². The first-order chi connectivity index (χ1) is 12.0. The van der Waals surface area contributed by atoms with Crippen LogP contribution in [0.5, 0.6) is 0 Å². The van der Waals surface area contributed by atoms with Crippen LogP contribution in [0.3, 0.4) is 0 Å². The Bertz CT molecular complexity index is 643. The van der Waals surface area contributed by atoms with Gasteiger partial charge in [0.15, 0.2) is 0 Å². The molecule has 3 amide bonds. The minimum atomic E-state index is -0.227. The Morgan fingerprint density at radius 3 is 2.56 bits per heavy atom. The van der Waals surface area contributed by atoms with Crippen LogP contribution in [0.15, 0.2) is 30.3 Å². The average molecular weight is 347 g/mol. The number of amides is 3. The first-order valence-electron chi connectivity index (χ1n) is 8.73. The number of carbonyl (C=O) groups is 2. The zero-order valence-corrected chi connectivity index (χ0v) is 14.8. The monoisotopic (exact) mass is 347 g/mol. The maximum Gasteiger partial charge on any atom is 0.317 e. The van der Waals surface area contributed by atoms with Crippen LogP contribution in [0.25, 0.3) is 5.57 Å². The van der Waals surface area contributed by atoms with Gasteiger partial charge in [-0.25, -0.2) is 9.18 Å². The van der Waals surface area contributed by atoms with E-state index in [4.69, 9.17) is 0 Å². The number of halogens is 1. The van der Waals surface area contributed by atoms with E-state index in [1.54, 1.807) is 17.0 Å². The smallest absolute Gasteiger partial charge is 0.317 e. The molecule has 0 radical (unpaired) electrons. The third kappa shape index (κ3) is 5.59. The molecule has 1 aromatic rings. The number of benzene rings is 1. The number of nitrogens with one attached hydrogen (secondary N) is 2. The molecule has 0 saturated heterocycles. The lowest BCUT2D eigenvalue weighted by Crippen LogP contribution is -2.43. The highest BCUT2D eigenvalue weighted by Gasteiger charge is 2.18. The Morgan fingerprint density at radius 2 is 1.92 bits per heavy atom. The summed E-state index contributed by atoms with van der Waals surface area (Å²) in [6.45, 7) is 5.79. The van der Waals surface area contributed by atoms with E-state index in [1.807, 2.05) is 26.0 Å². The van der Waals surface area contributed by atoms with Crippen LogP contribution < -0.4 is 10.6 Å². The second kappa shape index (κ2) is 9.20. The van der Waals surface area contributed by atoms with E-state index in [0.717, 1.165) is 5.57 Å². The van der Waals surface area contributed by atoms with Crippen molar-refractivity contribution in [2.45, 2.75) is 26.7 Å². The van der Waals surface area contributed by atoms with Gasteiger partial charge in [0.05, 0.1) is 0 Å². The lowest BCUT2D eigenvalue weighted by molar-refractivity contribution is -0.123. The molecule has 0 atom stereocenters. The summed E-state index contributed by atoms with van der Waals surface area (Å²) in [4.78, 5) is 25.3. The van der Waals surface area contributed by atoms with Gasteiger partial charge in [-0.1, -0.05) is 38.1 Å². The number of urea groups is 1. The summed E-state index contributed by atoms with van der Waals surface area (Å²) in [6.07, 6.45) is 3.23. The van der Waals surface area contributed by atoms with E-state index in [2.05, 4.69) is 10.6 Å². The van der Waals surface area contributed by atoms with Crippen LogP contribution in [-0.2, 0) is 4.79 Å². The van der Waals surface area contributed by atoms with Gasteiger partial charge in [-0.2, -0.15) is 0 Å². The van der Waals surface area contributed by atoms with Crippen LogP contribution in [0.4, 0.5) is 9.18 Å². The van der Waals surface area contributed by atoms with Crippen molar-refractivity contribution in [1.82, 2.24) is 15.5 Å². The number of carbonyl (C=O) groups excluding carboxylic acids is 2. The van der Waals surface area contributed by atoms with Crippen LogP contribution in [0.2, 0.25) is 0 Å². The normalized spacial score (nSPS) is 14.2. The molecular formula is C19H26FN3O2. The van der Waals surface area contributed by atoms with Gasteiger partial charge in [0.2, 0.25) is 5.91 Å². The van der Waals surface area contributed by atoms with Crippen molar-refractivity contribution in [3.8, 4) is 0 Å². The topological polar surface area (TPSA) is 61.4 Å². The lowest BCUT2D eigenvalue weighted by Gasteiger charge is -2.27. The maximum atomic E-state index is 13.8. The van der Waals surface area contributed by atoms with Crippen LogP contribution in [-0.4, -0.2) is 43.0 Å². The van der Waals surface area contributed by atoms with Crippen LogP contribution in [0, 0.1) is 11.7 Å². The van der Waals surface area contributed by atoms with Crippen LogP contribution >= 0.6 is 0 Å². The fraction of sp³-hybridized carbons (Fsp3) is 0.474. The molecule has 0 bridgehead atoms. The van der Waals surface area contributed by atoms with Crippen molar-refractivity contribution in [1.29, 1.82) is 0 Å². The predicted octanol–water partition coefficient (Wildman–Crippen LogP) is 2.79. The molecule has 1 aliphatic rings. The minimum Gasteiger partial charge on any atom is -0.356 e. The van der Waals surface area contributed by atoms with E-state index in [0.29, 0.717) is 44.6 Å². The molecule has 136 valence electrons. The lowest BCUT2D eigenvalue weighted by atomic mass is 9.99. The summed E-state index contributed by atoms with van der Waals surface area (Å²) in [5.41, 5.74) is 1.56. The van der Waals surface area contributed by atoms with Gasteiger partial charge in [0, 0.05) is 37.7 Å². The molecule has 0 spiro atoms. The van der Waals surface area contributed by atoms with Crippen molar-refractivity contribution < 1.29 is 14.0 Å². The highest BCUT2D eigenvalue weighted by Crippen LogP contribution is 2.24. The van der Waals surface area contributed by atoms with E-state index in [9.17, 15) is 14.0 Å².